The Labute approximate surface area is 160 Å². The third kappa shape index (κ3) is 3.95. The average molecular weight is 383 g/mol. The maximum absolute atomic E-state index is 12.4. The van der Waals surface area contributed by atoms with Gasteiger partial charge in [-0.2, -0.15) is 0 Å². The minimum atomic E-state index is -0.817. The monoisotopic (exact) mass is 382 g/mol. The van der Waals surface area contributed by atoms with E-state index in [9.17, 15) is 9.59 Å². The van der Waals surface area contributed by atoms with Gasteiger partial charge in [-0.1, -0.05) is 18.2 Å². The molecule has 0 bridgehead atoms. The van der Waals surface area contributed by atoms with Crippen molar-refractivity contribution in [1.29, 1.82) is 0 Å². The van der Waals surface area contributed by atoms with Gasteiger partial charge in [-0.15, -0.1) is 12.4 Å². The molecule has 2 N–H and O–H groups in total. The third-order valence-electron chi connectivity index (χ3n) is 4.91. The fraction of sp³-hybridized carbons (Fsp3) is 0.556. The third-order valence-corrected chi connectivity index (χ3v) is 4.91. The number of benzene rings is 1. The van der Waals surface area contributed by atoms with E-state index in [1.54, 1.807) is 21.0 Å². The molecule has 2 fully saturated rings. The molecule has 3 amide bonds. The number of urea groups is 1. The summed E-state index contributed by atoms with van der Waals surface area (Å²) < 4.78 is 5.50. The summed E-state index contributed by atoms with van der Waals surface area (Å²) in [5.41, 5.74) is 0.303. The van der Waals surface area contributed by atoms with E-state index < -0.39 is 5.54 Å². The zero-order chi connectivity index (χ0) is 18.0. The summed E-state index contributed by atoms with van der Waals surface area (Å²) in [6.07, 6.45) is 0. The number of carbonyl (C=O) groups excluding carboxylic acids is 2. The van der Waals surface area contributed by atoms with E-state index in [-0.39, 0.29) is 30.4 Å². The van der Waals surface area contributed by atoms with Crippen molar-refractivity contribution in [3.05, 3.63) is 29.8 Å². The number of imide groups is 1. The van der Waals surface area contributed by atoms with Crippen LogP contribution in [-0.4, -0.2) is 67.1 Å². The number of carbonyl (C=O) groups is 2. The number of hydrogen-bond donors (Lipinski definition) is 2. The average Bonchev–Trinajstić information content (AvgIpc) is 2.81. The quantitative estimate of drug-likeness (QED) is 0.753. The molecule has 1 aromatic carbocycles. The highest BCUT2D eigenvalue weighted by molar-refractivity contribution is 6.06. The molecule has 7 nitrogen and oxygen atoms in total. The van der Waals surface area contributed by atoms with Crippen LogP contribution in [0.2, 0.25) is 0 Å². The van der Waals surface area contributed by atoms with Crippen LogP contribution in [0.3, 0.4) is 0 Å². The second-order valence-corrected chi connectivity index (χ2v) is 7.01. The largest absolute Gasteiger partial charge is 0.496 e. The standard InChI is InChI=1S/C18H26N4O3.ClH/c1-18(2)16(23)22(17(24)20-18)11-10-21-9-8-19-12-14(21)13-6-4-5-7-15(13)25-3;/h4-7,14,19H,8-12H2,1-3H3,(H,20,24);1H. The molecule has 0 aliphatic carbocycles. The van der Waals surface area contributed by atoms with Crippen LogP contribution >= 0.6 is 12.4 Å². The molecule has 0 spiro atoms. The van der Waals surface area contributed by atoms with Crippen LogP contribution in [0.4, 0.5) is 4.79 Å². The fourth-order valence-corrected chi connectivity index (χ4v) is 3.51. The Morgan fingerprint density at radius 1 is 1.23 bits per heavy atom. The predicted octanol–water partition coefficient (Wildman–Crippen LogP) is 1.39. The molecule has 2 heterocycles. The number of methoxy groups -OCH3 is 1. The van der Waals surface area contributed by atoms with Crippen molar-refractivity contribution in [2.75, 3.05) is 39.8 Å². The molecule has 3 rings (SSSR count). The first kappa shape index (κ1) is 20.5. The SMILES string of the molecule is COc1ccccc1C1CNCCN1CCN1C(=O)NC(C)(C)C1=O.Cl. The van der Waals surface area contributed by atoms with E-state index >= 15 is 0 Å². The van der Waals surface area contributed by atoms with Crippen LogP contribution in [0.25, 0.3) is 0 Å². The first-order valence-corrected chi connectivity index (χ1v) is 8.66. The number of ether oxygens (including phenoxy) is 1. The molecule has 1 atom stereocenters. The summed E-state index contributed by atoms with van der Waals surface area (Å²) in [5.74, 6) is 0.693. The van der Waals surface area contributed by atoms with Crippen molar-refractivity contribution in [3.63, 3.8) is 0 Å². The number of hydrogen-bond acceptors (Lipinski definition) is 5. The lowest BCUT2D eigenvalue weighted by Crippen LogP contribution is -2.49. The maximum Gasteiger partial charge on any atom is 0.325 e. The van der Waals surface area contributed by atoms with Gasteiger partial charge in [-0.05, 0) is 19.9 Å². The Kier molecular flexibility index (Phi) is 6.49. The number of para-hydroxylation sites is 1. The molecule has 0 aromatic heterocycles. The number of piperazine rings is 1. The summed E-state index contributed by atoms with van der Waals surface area (Å²) in [7, 11) is 1.68. The highest BCUT2D eigenvalue weighted by Crippen LogP contribution is 2.30. The van der Waals surface area contributed by atoms with Crippen molar-refractivity contribution in [1.82, 2.24) is 20.4 Å². The van der Waals surface area contributed by atoms with Crippen LogP contribution in [0.15, 0.2) is 24.3 Å². The van der Waals surface area contributed by atoms with Crippen molar-refractivity contribution >= 4 is 24.3 Å². The van der Waals surface area contributed by atoms with Gasteiger partial charge >= 0.3 is 6.03 Å². The molecular weight excluding hydrogens is 356 g/mol. The number of nitrogens with one attached hydrogen (secondary N) is 2. The maximum atomic E-state index is 12.4. The lowest BCUT2D eigenvalue weighted by molar-refractivity contribution is -0.130. The van der Waals surface area contributed by atoms with Gasteiger partial charge in [-0.25, -0.2) is 4.79 Å². The zero-order valence-corrected chi connectivity index (χ0v) is 16.3. The van der Waals surface area contributed by atoms with Crippen molar-refractivity contribution in [2.24, 2.45) is 0 Å². The van der Waals surface area contributed by atoms with Crippen molar-refractivity contribution < 1.29 is 14.3 Å². The predicted molar refractivity (Wildman–Crippen MR) is 102 cm³/mol. The van der Waals surface area contributed by atoms with Crippen LogP contribution in [0.5, 0.6) is 5.75 Å². The van der Waals surface area contributed by atoms with Crippen LogP contribution in [0.1, 0.15) is 25.5 Å². The van der Waals surface area contributed by atoms with Crippen molar-refractivity contribution in [3.8, 4) is 5.75 Å². The van der Waals surface area contributed by atoms with Gasteiger partial charge < -0.3 is 15.4 Å². The van der Waals surface area contributed by atoms with Gasteiger partial charge in [0, 0.05) is 38.3 Å². The first-order chi connectivity index (χ1) is 11.9. The van der Waals surface area contributed by atoms with E-state index in [4.69, 9.17) is 4.74 Å². The van der Waals surface area contributed by atoms with Gasteiger partial charge in [-0.3, -0.25) is 14.6 Å². The summed E-state index contributed by atoms with van der Waals surface area (Å²) in [6, 6.07) is 7.84. The second-order valence-electron chi connectivity index (χ2n) is 7.01. The van der Waals surface area contributed by atoms with Gasteiger partial charge in [0.15, 0.2) is 0 Å². The Morgan fingerprint density at radius 2 is 1.96 bits per heavy atom. The minimum Gasteiger partial charge on any atom is -0.496 e. The van der Waals surface area contributed by atoms with E-state index in [1.807, 2.05) is 18.2 Å². The Morgan fingerprint density at radius 3 is 2.62 bits per heavy atom. The van der Waals surface area contributed by atoms with Crippen LogP contribution in [0, 0.1) is 0 Å². The summed E-state index contributed by atoms with van der Waals surface area (Å²) >= 11 is 0. The summed E-state index contributed by atoms with van der Waals surface area (Å²) in [5, 5.41) is 6.14. The van der Waals surface area contributed by atoms with E-state index in [1.165, 1.54) is 4.90 Å². The normalized spacial score (nSPS) is 22.7. The zero-order valence-electron chi connectivity index (χ0n) is 15.4. The van der Waals surface area contributed by atoms with E-state index in [0.717, 1.165) is 30.9 Å². The van der Waals surface area contributed by atoms with Gasteiger partial charge in [0.05, 0.1) is 13.2 Å². The topological polar surface area (TPSA) is 73.9 Å². The van der Waals surface area contributed by atoms with Gasteiger partial charge in [0.25, 0.3) is 5.91 Å². The number of amides is 3. The lowest BCUT2D eigenvalue weighted by atomic mass is 10.0. The first-order valence-electron chi connectivity index (χ1n) is 8.66. The number of halogens is 1. The molecule has 2 aliphatic heterocycles. The fourth-order valence-electron chi connectivity index (χ4n) is 3.51. The molecule has 0 saturated carbocycles. The van der Waals surface area contributed by atoms with E-state index in [2.05, 4.69) is 21.6 Å². The van der Waals surface area contributed by atoms with Gasteiger partial charge in [0.2, 0.25) is 0 Å². The van der Waals surface area contributed by atoms with Crippen molar-refractivity contribution in [2.45, 2.75) is 25.4 Å². The molecule has 144 valence electrons. The second kappa shape index (κ2) is 8.24. The smallest absolute Gasteiger partial charge is 0.325 e. The van der Waals surface area contributed by atoms with E-state index in [0.29, 0.717) is 13.1 Å². The Hall–Kier alpha value is -1.83. The Bertz CT molecular complexity index is 668. The lowest BCUT2D eigenvalue weighted by Gasteiger charge is -2.37. The highest BCUT2D eigenvalue weighted by Gasteiger charge is 2.44. The number of nitrogens with zero attached hydrogens (tertiary/aromatic N) is 2. The van der Waals surface area contributed by atoms with Gasteiger partial charge in [0.1, 0.15) is 11.3 Å². The molecule has 8 heteroatoms. The molecule has 0 radical (unpaired) electrons. The Balaban J connectivity index is 0.00000243. The molecular formula is C18H27ClN4O3. The molecule has 1 aromatic rings. The molecule has 2 saturated heterocycles. The minimum absolute atomic E-state index is 0. The van der Waals surface area contributed by atoms with Crippen LogP contribution in [-0.2, 0) is 4.79 Å². The summed E-state index contributed by atoms with van der Waals surface area (Å²) in [4.78, 5) is 28.0. The molecule has 2 aliphatic rings. The molecule has 1 unspecified atom stereocenters. The van der Waals surface area contributed by atoms with Crippen LogP contribution < -0.4 is 15.4 Å². The molecule has 26 heavy (non-hydrogen) atoms. The highest BCUT2D eigenvalue weighted by atomic mass is 35.5. The number of rotatable bonds is 5. The summed E-state index contributed by atoms with van der Waals surface area (Å²) in [6.45, 7) is 7.05.